The van der Waals surface area contributed by atoms with Gasteiger partial charge in [-0.2, -0.15) is 0 Å². The second-order valence-corrected chi connectivity index (χ2v) is 3.82. The zero-order valence-electron chi connectivity index (χ0n) is 16.0. The van der Waals surface area contributed by atoms with E-state index < -0.39 is 65.6 Å². The number of aliphatic hydroxyl groups is 1. The third-order valence-corrected chi connectivity index (χ3v) is 1.29. The summed E-state index contributed by atoms with van der Waals surface area (Å²) in [5, 5.41) is 122. The fraction of sp³-hybridized carbons (Fsp3) is 0.500. The number of carbonyl (C=O) groups is 3. The van der Waals surface area contributed by atoms with Gasteiger partial charge < -0.3 is 80.7 Å². The number of hydrogen-bond acceptors (Lipinski definition) is 16. The van der Waals surface area contributed by atoms with Crippen molar-refractivity contribution in [3.8, 4) is 0 Å². The van der Waals surface area contributed by atoms with Crippen LogP contribution in [0, 0.1) is 0 Å². The molecule has 170 valence electrons. The van der Waals surface area contributed by atoms with Gasteiger partial charge in [0.15, 0.2) is 5.60 Å². The summed E-state index contributed by atoms with van der Waals surface area (Å²) < 4.78 is 0. The van der Waals surface area contributed by atoms with E-state index in [1.54, 1.807) is 0 Å². The number of carboxylic acids is 3. The summed E-state index contributed by atoms with van der Waals surface area (Å²) >= 11 is 0. The standard InChI is InChI=1S/C6H8O7.3BH3O3.BHO3.K.Na/c7-3(8)1-6(13,5(11)12)2-4(9)10;4*2-1(3)4;;/h13H,1-2H2,(H,7,8)(H,9,10)(H,11,12);3*2-4H;2H;;/q;;;;-2;2*+1. The van der Waals surface area contributed by atoms with Crippen molar-refractivity contribution in [2.75, 3.05) is 0 Å². The predicted molar refractivity (Wildman–Crippen MR) is 82.3 cm³/mol. The quantitative estimate of drug-likeness (QED) is 0.156. The molecular weight excluding hydrogens is 481 g/mol. The maximum Gasteiger partial charge on any atom is 1.00 e. The van der Waals surface area contributed by atoms with Gasteiger partial charge in [0.1, 0.15) is 0 Å². The number of carboxylic acid groups (broad SMARTS) is 3. The van der Waals surface area contributed by atoms with Crippen LogP contribution < -0.4 is 91.0 Å². The molecule has 14 N–H and O–H groups in total. The average Bonchev–Trinajstić information content (AvgIpc) is 2.32. The molecule has 25 heteroatoms. The normalized spacial score (nSPS) is 8.03. The van der Waals surface area contributed by atoms with E-state index in [0.717, 1.165) is 0 Å². The monoisotopic (exact) mass is 500 g/mol. The van der Waals surface area contributed by atoms with Crippen molar-refractivity contribution in [1.29, 1.82) is 0 Å². The second kappa shape index (κ2) is 30.8. The second-order valence-electron chi connectivity index (χ2n) is 3.82. The average molecular weight is 500 g/mol. The molecule has 0 spiro atoms. The summed E-state index contributed by atoms with van der Waals surface area (Å²) in [5.41, 5.74) is -2.74. The van der Waals surface area contributed by atoms with Crippen LogP contribution in [0.5, 0.6) is 0 Å². The van der Waals surface area contributed by atoms with Crippen molar-refractivity contribution < 1.29 is 176 Å². The molecule has 0 aromatic heterocycles. The molecule has 0 amide bonds. The molecule has 0 aliphatic carbocycles. The first-order valence-electron chi connectivity index (χ1n) is 6.22. The van der Waals surface area contributed by atoms with Crippen molar-refractivity contribution in [1.82, 2.24) is 0 Å². The third kappa shape index (κ3) is 90.5. The van der Waals surface area contributed by atoms with Gasteiger partial charge in [-0.15, -0.1) is 0 Å². The van der Waals surface area contributed by atoms with E-state index in [1.807, 2.05) is 0 Å². The van der Waals surface area contributed by atoms with Crippen LogP contribution in [0.4, 0.5) is 0 Å². The van der Waals surface area contributed by atoms with Gasteiger partial charge in [-0.1, -0.05) is 0 Å². The van der Waals surface area contributed by atoms with Gasteiger partial charge in [0.05, 0.1) is 20.2 Å². The summed E-state index contributed by atoms with van der Waals surface area (Å²) in [7, 11) is -9.17. The summed E-state index contributed by atoms with van der Waals surface area (Å²) in [6, 6.07) is 0. The molecule has 0 saturated heterocycles. The molecule has 0 unspecified atom stereocenters. The van der Waals surface area contributed by atoms with Crippen LogP contribution in [0.1, 0.15) is 12.8 Å². The molecule has 0 aliphatic heterocycles. The molecule has 0 fully saturated rings. The Morgan fingerprint density at radius 2 is 0.774 bits per heavy atom. The Morgan fingerprint density at radius 3 is 0.839 bits per heavy atom. The Labute approximate surface area is 239 Å². The van der Waals surface area contributed by atoms with E-state index in [0.29, 0.717) is 0 Å². The first kappa shape index (κ1) is 49.0. The van der Waals surface area contributed by atoms with E-state index in [4.69, 9.17) is 80.7 Å². The largest absolute Gasteiger partial charge is 1.00 e. The van der Waals surface area contributed by atoms with Gasteiger partial charge >= 0.3 is 121 Å². The van der Waals surface area contributed by atoms with Crippen molar-refractivity contribution >= 4 is 47.2 Å². The zero-order chi connectivity index (χ0) is 25.0. The summed E-state index contributed by atoms with van der Waals surface area (Å²) in [6.45, 7) is 0. The van der Waals surface area contributed by atoms with Crippen LogP contribution in [0.25, 0.3) is 0 Å². The minimum atomic E-state index is -2.74. The van der Waals surface area contributed by atoms with Crippen molar-refractivity contribution in [2.24, 2.45) is 0 Å². The Hall–Kier alpha value is 0.786. The predicted octanol–water partition coefficient (Wildman–Crippen LogP) is -16.7. The van der Waals surface area contributed by atoms with E-state index in [-0.39, 0.29) is 80.9 Å². The van der Waals surface area contributed by atoms with Gasteiger partial charge in [0.25, 0.3) is 0 Å². The minimum Gasteiger partial charge on any atom is -0.871 e. The van der Waals surface area contributed by atoms with Gasteiger partial charge in [0, 0.05) is 0 Å². The fourth-order valence-electron chi connectivity index (χ4n) is 0.714. The van der Waals surface area contributed by atoms with E-state index in [1.165, 1.54) is 0 Å². The number of hydrogen-bond donors (Lipinski definition) is 14. The first-order valence-corrected chi connectivity index (χ1v) is 6.22. The number of aliphatic carboxylic acids is 3. The van der Waals surface area contributed by atoms with Crippen LogP contribution in [-0.2, 0) is 14.4 Å². The molecule has 31 heavy (non-hydrogen) atoms. The topological polar surface area (TPSA) is 381 Å². The molecule has 0 atom stereocenters. The summed E-state index contributed by atoms with van der Waals surface area (Å²) in [5.74, 6) is -5.02. The van der Waals surface area contributed by atoms with Crippen LogP contribution in [0.3, 0.4) is 0 Å². The van der Waals surface area contributed by atoms with E-state index >= 15 is 0 Å². The van der Waals surface area contributed by atoms with Gasteiger partial charge in [-0.25, -0.2) is 4.79 Å². The zero-order valence-corrected chi connectivity index (χ0v) is 21.1. The molecule has 0 aromatic rings. The first-order chi connectivity index (χ1) is 12.7. The molecule has 0 saturated carbocycles. The Kier molecular flexibility index (Phi) is 48.7. The molecule has 0 heterocycles. The maximum absolute atomic E-state index is 10.3. The molecule has 0 aromatic carbocycles. The summed E-state index contributed by atoms with van der Waals surface area (Å²) in [4.78, 5) is 30.5. The number of rotatable bonds is 5. The fourth-order valence-corrected chi connectivity index (χ4v) is 0.714. The molecule has 0 aliphatic rings. The molecule has 0 rings (SSSR count). The Morgan fingerprint density at radius 1 is 0.645 bits per heavy atom. The van der Waals surface area contributed by atoms with Crippen LogP contribution in [-0.4, -0.2) is 123 Å². The SMILES string of the molecule is O=C(O)CC(O)(CC(=O)O)C(=O)O.OB(O)O.OB(O)O.OB(O)O.[K+].[Na+].[O-]B([O-])O. The Bertz CT molecular complexity index is 375. The van der Waals surface area contributed by atoms with Crippen molar-refractivity contribution in [2.45, 2.75) is 18.4 Å². The third-order valence-electron chi connectivity index (χ3n) is 1.29. The van der Waals surface area contributed by atoms with Crippen LogP contribution in [0.2, 0.25) is 0 Å². The van der Waals surface area contributed by atoms with E-state index in [9.17, 15) is 14.4 Å². The molecule has 19 nitrogen and oxygen atoms in total. The van der Waals surface area contributed by atoms with Gasteiger partial charge in [-0.05, 0) is 0 Å². The Balaban J connectivity index is -0.0000000533. The van der Waals surface area contributed by atoms with Crippen molar-refractivity contribution in [3.05, 3.63) is 0 Å². The molecule has 0 bridgehead atoms. The van der Waals surface area contributed by atoms with Gasteiger partial charge in [0.2, 0.25) is 0 Å². The maximum atomic E-state index is 10.3. The molecule has 0 radical (unpaired) electrons. The van der Waals surface area contributed by atoms with Crippen molar-refractivity contribution in [3.63, 3.8) is 0 Å². The minimum absolute atomic E-state index is 0. The summed E-state index contributed by atoms with van der Waals surface area (Å²) in [6.07, 6.45) is -2.29. The smallest absolute Gasteiger partial charge is 0.871 e. The van der Waals surface area contributed by atoms with Gasteiger partial charge in [-0.3, -0.25) is 9.59 Å². The van der Waals surface area contributed by atoms with E-state index in [2.05, 4.69) is 0 Å². The van der Waals surface area contributed by atoms with Crippen LogP contribution in [0.15, 0.2) is 0 Å². The van der Waals surface area contributed by atoms with Crippen LogP contribution >= 0.6 is 0 Å². The molecular formula is C6H18B4KNaO19.